The SMILES string of the molecule is Cc1cc(Br)cc(Nc2nnc(CNC3CC3)o2)c1. The predicted octanol–water partition coefficient (Wildman–Crippen LogP) is 3.14. The van der Waals surface area contributed by atoms with Gasteiger partial charge in [0.2, 0.25) is 5.89 Å². The topological polar surface area (TPSA) is 63.0 Å². The summed E-state index contributed by atoms with van der Waals surface area (Å²) in [5.41, 5.74) is 2.09. The van der Waals surface area contributed by atoms with Crippen LogP contribution in [-0.2, 0) is 6.54 Å². The van der Waals surface area contributed by atoms with Gasteiger partial charge in [-0.15, -0.1) is 5.10 Å². The van der Waals surface area contributed by atoms with Crippen molar-refractivity contribution in [3.8, 4) is 0 Å². The van der Waals surface area contributed by atoms with E-state index in [-0.39, 0.29) is 0 Å². The van der Waals surface area contributed by atoms with Crippen LogP contribution in [0.2, 0.25) is 0 Å². The first kappa shape index (κ1) is 12.6. The summed E-state index contributed by atoms with van der Waals surface area (Å²) < 4.78 is 6.55. The maximum Gasteiger partial charge on any atom is 0.320 e. The van der Waals surface area contributed by atoms with Gasteiger partial charge in [-0.1, -0.05) is 21.0 Å². The number of nitrogens with one attached hydrogen (secondary N) is 2. The van der Waals surface area contributed by atoms with Crippen molar-refractivity contribution in [2.24, 2.45) is 0 Å². The van der Waals surface area contributed by atoms with Crippen molar-refractivity contribution < 1.29 is 4.42 Å². The lowest BCUT2D eigenvalue weighted by molar-refractivity contribution is 0.478. The fraction of sp³-hybridized carbons (Fsp3) is 0.385. The molecule has 0 spiro atoms. The molecule has 2 aromatic rings. The molecule has 0 unspecified atom stereocenters. The van der Waals surface area contributed by atoms with E-state index in [4.69, 9.17) is 4.42 Å². The van der Waals surface area contributed by atoms with Crippen LogP contribution < -0.4 is 10.6 Å². The molecule has 1 fully saturated rings. The third kappa shape index (κ3) is 3.54. The third-order valence-electron chi connectivity index (χ3n) is 2.88. The zero-order chi connectivity index (χ0) is 13.2. The second-order valence-electron chi connectivity index (χ2n) is 4.80. The van der Waals surface area contributed by atoms with Crippen molar-refractivity contribution in [1.82, 2.24) is 15.5 Å². The van der Waals surface area contributed by atoms with Crippen LogP contribution in [0.3, 0.4) is 0 Å². The number of hydrogen-bond acceptors (Lipinski definition) is 5. The molecule has 0 aliphatic heterocycles. The summed E-state index contributed by atoms with van der Waals surface area (Å²) in [5.74, 6) is 0.612. The number of anilines is 2. The molecule has 2 N–H and O–H groups in total. The van der Waals surface area contributed by atoms with Gasteiger partial charge < -0.3 is 15.1 Å². The van der Waals surface area contributed by atoms with E-state index in [0.717, 1.165) is 15.7 Å². The Bertz CT molecular complexity index is 560. The summed E-state index contributed by atoms with van der Waals surface area (Å²) in [4.78, 5) is 0. The summed E-state index contributed by atoms with van der Waals surface area (Å²) in [6.07, 6.45) is 2.49. The molecular formula is C13H15BrN4O. The van der Waals surface area contributed by atoms with E-state index in [2.05, 4.69) is 36.8 Å². The first-order valence-corrected chi connectivity index (χ1v) is 7.08. The minimum Gasteiger partial charge on any atom is -0.406 e. The van der Waals surface area contributed by atoms with Crippen LogP contribution in [-0.4, -0.2) is 16.2 Å². The fourth-order valence-corrected chi connectivity index (χ4v) is 2.43. The number of benzene rings is 1. The van der Waals surface area contributed by atoms with Crippen molar-refractivity contribution in [3.63, 3.8) is 0 Å². The summed E-state index contributed by atoms with van der Waals surface area (Å²) in [5, 5.41) is 14.4. The number of aryl methyl sites for hydroxylation is 1. The molecule has 5 nitrogen and oxygen atoms in total. The maximum atomic E-state index is 5.53. The highest BCUT2D eigenvalue weighted by Crippen LogP contribution is 2.22. The van der Waals surface area contributed by atoms with Crippen molar-refractivity contribution in [2.75, 3.05) is 5.32 Å². The summed E-state index contributed by atoms with van der Waals surface area (Å²) in [7, 11) is 0. The summed E-state index contributed by atoms with van der Waals surface area (Å²) in [6, 6.07) is 7.10. The molecule has 1 aliphatic carbocycles. The first-order chi connectivity index (χ1) is 9.19. The number of nitrogens with zero attached hydrogens (tertiary/aromatic N) is 2. The van der Waals surface area contributed by atoms with Crippen LogP contribution in [0.5, 0.6) is 0 Å². The lowest BCUT2D eigenvalue weighted by Crippen LogP contribution is -2.15. The Morgan fingerprint density at radius 3 is 2.89 bits per heavy atom. The highest BCUT2D eigenvalue weighted by atomic mass is 79.9. The number of halogens is 1. The predicted molar refractivity (Wildman–Crippen MR) is 76.3 cm³/mol. The Morgan fingerprint density at radius 1 is 1.32 bits per heavy atom. The molecular weight excluding hydrogens is 308 g/mol. The monoisotopic (exact) mass is 322 g/mol. The average molecular weight is 323 g/mol. The fourth-order valence-electron chi connectivity index (χ4n) is 1.83. The Morgan fingerprint density at radius 2 is 2.16 bits per heavy atom. The minimum atomic E-state index is 0.421. The molecule has 0 amide bonds. The second-order valence-corrected chi connectivity index (χ2v) is 5.71. The van der Waals surface area contributed by atoms with E-state index in [1.54, 1.807) is 0 Å². The van der Waals surface area contributed by atoms with Crippen LogP contribution in [0.25, 0.3) is 0 Å². The van der Waals surface area contributed by atoms with Crippen LogP contribution in [0.15, 0.2) is 27.1 Å². The lowest BCUT2D eigenvalue weighted by atomic mass is 10.2. The molecule has 0 saturated heterocycles. The van der Waals surface area contributed by atoms with E-state index in [9.17, 15) is 0 Å². The van der Waals surface area contributed by atoms with E-state index in [0.29, 0.717) is 24.5 Å². The van der Waals surface area contributed by atoms with Gasteiger partial charge in [0.1, 0.15) is 0 Å². The molecule has 100 valence electrons. The highest BCUT2D eigenvalue weighted by Gasteiger charge is 2.21. The van der Waals surface area contributed by atoms with Gasteiger partial charge in [-0.3, -0.25) is 0 Å². The molecule has 0 radical (unpaired) electrons. The van der Waals surface area contributed by atoms with Crippen molar-refractivity contribution in [3.05, 3.63) is 34.1 Å². The van der Waals surface area contributed by atoms with Crippen LogP contribution in [0.1, 0.15) is 24.3 Å². The third-order valence-corrected chi connectivity index (χ3v) is 3.34. The molecule has 1 saturated carbocycles. The Hall–Kier alpha value is -1.40. The maximum absolute atomic E-state index is 5.53. The van der Waals surface area contributed by atoms with E-state index < -0.39 is 0 Å². The molecule has 1 heterocycles. The van der Waals surface area contributed by atoms with Gasteiger partial charge in [0.25, 0.3) is 0 Å². The number of aromatic nitrogens is 2. The molecule has 3 rings (SSSR count). The zero-order valence-electron chi connectivity index (χ0n) is 10.6. The van der Waals surface area contributed by atoms with Crippen molar-refractivity contribution in [2.45, 2.75) is 32.4 Å². The largest absolute Gasteiger partial charge is 0.406 e. The van der Waals surface area contributed by atoms with Crippen LogP contribution in [0, 0.1) is 6.92 Å². The molecule has 1 aromatic carbocycles. The van der Waals surface area contributed by atoms with Crippen molar-refractivity contribution in [1.29, 1.82) is 0 Å². The minimum absolute atomic E-state index is 0.421. The average Bonchev–Trinajstić information content (AvgIpc) is 3.06. The van der Waals surface area contributed by atoms with Gasteiger partial charge >= 0.3 is 6.01 Å². The van der Waals surface area contributed by atoms with Gasteiger partial charge in [-0.2, -0.15) is 0 Å². The van der Waals surface area contributed by atoms with E-state index in [1.807, 2.05) is 25.1 Å². The normalized spacial score (nSPS) is 14.6. The van der Waals surface area contributed by atoms with E-state index >= 15 is 0 Å². The summed E-state index contributed by atoms with van der Waals surface area (Å²) in [6.45, 7) is 2.67. The standard InChI is InChI=1S/C13H15BrN4O/c1-8-4-9(14)6-11(5-8)16-13-18-17-12(19-13)7-15-10-2-3-10/h4-6,10,15H,2-3,7H2,1H3,(H,16,18). The smallest absolute Gasteiger partial charge is 0.320 e. The molecule has 19 heavy (non-hydrogen) atoms. The van der Waals surface area contributed by atoms with Gasteiger partial charge in [-0.25, -0.2) is 0 Å². The molecule has 6 heteroatoms. The Labute approximate surface area is 119 Å². The number of rotatable bonds is 5. The van der Waals surface area contributed by atoms with Gasteiger partial charge in [-0.05, 0) is 43.5 Å². The summed E-state index contributed by atoms with van der Waals surface area (Å²) >= 11 is 3.46. The number of hydrogen-bond donors (Lipinski definition) is 2. The van der Waals surface area contributed by atoms with Crippen LogP contribution in [0.4, 0.5) is 11.7 Å². The van der Waals surface area contributed by atoms with Crippen LogP contribution >= 0.6 is 15.9 Å². The van der Waals surface area contributed by atoms with Gasteiger partial charge in [0.05, 0.1) is 6.54 Å². The van der Waals surface area contributed by atoms with E-state index in [1.165, 1.54) is 12.8 Å². The molecule has 1 aliphatic rings. The Balaban J connectivity index is 1.65. The van der Waals surface area contributed by atoms with Gasteiger partial charge in [0, 0.05) is 16.2 Å². The molecule has 0 bridgehead atoms. The lowest BCUT2D eigenvalue weighted by Gasteiger charge is -2.03. The molecule has 1 aromatic heterocycles. The first-order valence-electron chi connectivity index (χ1n) is 6.29. The Kier molecular flexibility index (Phi) is 3.52. The second kappa shape index (κ2) is 5.30. The van der Waals surface area contributed by atoms with Crippen molar-refractivity contribution >= 4 is 27.6 Å². The highest BCUT2D eigenvalue weighted by molar-refractivity contribution is 9.10. The molecule has 0 atom stereocenters. The zero-order valence-corrected chi connectivity index (χ0v) is 12.2. The quantitative estimate of drug-likeness (QED) is 0.885. The van der Waals surface area contributed by atoms with Gasteiger partial charge in [0.15, 0.2) is 0 Å².